The quantitative estimate of drug-likeness (QED) is 0.739. The Hall–Kier alpha value is -3.04. The first-order valence-electron chi connectivity index (χ1n) is 6.96. The number of nitrogens with zero attached hydrogens (tertiary/aromatic N) is 2. The van der Waals surface area contributed by atoms with Crippen LogP contribution in [-0.2, 0) is 0 Å². The first-order valence-corrected chi connectivity index (χ1v) is 7.77. The fourth-order valence-electron chi connectivity index (χ4n) is 2.27. The van der Waals surface area contributed by atoms with Crippen LogP contribution in [-0.4, -0.2) is 11.8 Å². The van der Waals surface area contributed by atoms with Crippen LogP contribution in [0, 0.1) is 11.3 Å². The molecule has 2 aromatic carbocycles. The number of nitriles is 1. The van der Waals surface area contributed by atoms with Crippen molar-refractivity contribution in [2.45, 2.75) is 0 Å². The molecular weight excluding hydrogens is 310 g/mol. The van der Waals surface area contributed by atoms with Gasteiger partial charge in [-0.25, -0.2) is 4.98 Å². The summed E-state index contributed by atoms with van der Waals surface area (Å²) in [6.45, 7) is 0.240. The molecule has 3 aromatic rings. The highest BCUT2D eigenvalue weighted by Gasteiger charge is 2.13. The number of nitrogens with one attached hydrogen (secondary N) is 1. The summed E-state index contributed by atoms with van der Waals surface area (Å²) in [6.07, 6.45) is 1.66. The van der Waals surface area contributed by atoms with Gasteiger partial charge in [-0.1, -0.05) is 12.1 Å². The lowest BCUT2D eigenvalue weighted by molar-refractivity contribution is 0.174. The van der Waals surface area contributed by atoms with E-state index >= 15 is 0 Å². The van der Waals surface area contributed by atoms with E-state index in [1.807, 2.05) is 42.5 Å². The van der Waals surface area contributed by atoms with Gasteiger partial charge in [0.15, 0.2) is 11.5 Å². The lowest BCUT2D eigenvalue weighted by Gasteiger charge is -2.03. The third-order valence-electron chi connectivity index (χ3n) is 3.40. The Kier molecular flexibility index (Phi) is 3.33. The Labute approximate surface area is 136 Å². The van der Waals surface area contributed by atoms with Gasteiger partial charge in [-0.15, -0.1) is 11.3 Å². The van der Waals surface area contributed by atoms with Crippen LogP contribution in [0.4, 0.5) is 5.69 Å². The molecule has 1 aliphatic heterocycles. The monoisotopic (exact) mass is 321 g/mol. The van der Waals surface area contributed by atoms with E-state index in [0.29, 0.717) is 16.3 Å². The number of thiazole rings is 1. The van der Waals surface area contributed by atoms with Gasteiger partial charge in [0, 0.05) is 18.0 Å². The molecule has 0 unspecified atom stereocenters. The van der Waals surface area contributed by atoms with Crippen molar-refractivity contribution in [2.24, 2.45) is 0 Å². The van der Waals surface area contributed by atoms with Crippen LogP contribution in [0.3, 0.4) is 0 Å². The lowest BCUT2D eigenvalue weighted by atomic mass is 10.2. The summed E-state index contributed by atoms with van der Waals surface area (Å²) in [4.78, 5) is 4.50. The Morgan fingerprint density at radius 1 is 1.22 bits per heavy atom. The molecule has 0 amide bonds. The predicted octanol–water partition coefficient (Wildman–Crippen LogP) is 4.00. The van der Waals surface area contributed by atoms with Crippen molar-refractivity contribution < 1.29 is 9.47 Å². The van der Waals surface area contributed by atoms with Crippen LogP contribution in [0.5, 0.6) is 11.5 Å². The molecule has 1 aliphatic rings. The van der Waals surface area contributed by atoms with Crippen molar-refractivity contribution in [3.8, 4) is 17.6 Å². The number of ether oxygens (including phenoxy) is 2. The van der Waals surface area contributed by atoms with Gasteiger partial charge in [-0.3, -0.25) is 0 Å². The maximum atomic E-state index is 9.40. The number of aromatic nitrogens is 1. The minimum Gasteiger partial charge on any atom is -0.454 e. The zero-order valence-corrected chi connectivity index (χ0v) is 12.8. The molecule has 6 heteroatoms. The molecule has 4 rings (SSSR count). The second-order valence-corrected chi connectivity index (χ2v) is 5.90. The molecule has 0 aliphatic carbocycles. The van der Waals surface area contributed by atoms with Crippen molar-refractivity contribution in [3.05, 3.63) is 53.7 Å². The number of fused-ring (bicyclic) bond motifs is 2. The van der Waals surface area contributed by atoms with Gasteiger partial charge in [-0.05, 0) is 24.3 Å². The SMILES string of the molecule is N#C/C(=C\Nc1ccc2c(c1)OCO2)c1nc2ccccc2s1. The van der Waals surface area contributed by atoms with Crippen LogP contribution in [0.15, 0.2) is 48.7 Å². The molecule has 0 fully saturated rings. The van der Waals surface area contributed by atoms with Gasteiger partial charge in [0.1, 0.15) is 16.6 Å². The highest BCUT2D eigenvalue weighted by molar-refractivity contribution is 7.19. The molecule has 0 saturated heterocycles. The Morgan fingerprint density at radius 3 is 2.96 bits per heavy atom. The van der Waals surface area contributed by atoms with Gasteiger partial charge in [-0.2, -0.15) is 5.26 Å². The van der Waals surface area contributed by atoms with Gasteiger partial charge in [0.25, 0.3) is 0 Å². The van der Waals surface area contributed by atoms with Gasteiger partial charge in [0.2, 0.25) is 6.79 Å². The second-order valence-electron chi connectivity index (χ2n) is 4.87. The summed E-state index contributed by atoms with van der Waals surface area (Å²) in [6, 6.07) is 15.6. The fourth-order valence-corrected chi connectivity index (χ4v) is 3.20. The molecule has 2 heterocycles. The number of hydrogen-bond acceptors (Lipinski definition) is 6. The molecule has 1 N–H and O–H groups in total. The molecule has 0 atom stereocenters. The largest absolute Gasteiger partial charge is 0.454 e. The minimum absolute atomic E-state index is 0.240. The third-order valence-corrected chi connectivity index (χ3v) is 4.47. The van der Waals surface area contributed by atoms with Crippen molar-refractivity contribution in [1.82, 2.24) is 4.98 Å². The Morgan fingerprint density at radius 2 is 2.09 bits per heavy atom. The predicted molar refractivity (Wildman–Crippen MR) is 89.4 cm³/mol. The van der Waals surface area contributed by atoms with E-state index < -0.39 is 0 Å². The summed E-state index contributed by atoms with van der Waals surface area (Å²) >= 11 is 1.50. The topological polar surface area (TPSA) is 67.2 Å². The first-order chi connectivity index (χ1) is 11.3. The average molecular weight is 321 g/mol. The van der Waals surface area contributed by atoms with E-state index in [-0.39, 0.29) is 6.79 Å². The van der Waals surface area contributed by atoms with Gasteiger partial charge >= 0.3 is 0 Å². The lowest BCUT2D eigenvalue weighted by Crippen LogP contribution is -1.93. The maximum absolute atomic E-state index is 9.40. The average Bonchev–Trinajstić information content (AvgIpc) is 3.21. The van der Waals surface area contributed by atoms with E-state index in [4.69, 9.17) is 9.47 Å². The molecule has 112 valence electrons. The highest BCUT2D eigenvalue weighted by atomic mass is 32.1. The zero-order valence-electron chi connectivity index (χ0n) is 11.9. The number of para-hydroxylation sites is 1. The molecule has 0 bridgehead atoms. The standard InChI is InChI=1S/C17H11N3O2S/c18-8-11(17-20-13-3-1-2-4-16(13)23-17)9-19-12-5-6-14-15(7-12)22-10-21-14/h1-7,9,19H,10H2/b11-9+. The summed E-state index contributed by atoms with van der Waals surface area (Å²) < 4.78 is 11.7. The summed E-state index contributed by atoms with van der Waals surface area (Å²) in [5, 5.41) is 13.2. The molecule has 0 saturated carbocycles. The number of allylic oxidation sites excluding steroid dienone is 1. The summed E-state index contributed by atoms with van der Waals surface area (Å²) in [5.74, 6) is 1.42. The Bertz CT molecular complexity index is 923. The van der Waals surface area contributed by atoms with Crippen LogP contribution in [0.25, 0.3) is 15.8 Å². The van der Waals surface area contributed by atoms with Crippen molar-refractivity contribution >= 4 is 32.8 Å². The second kappa shape index (κ2) is 5.63. The van der Waals surface area contributed by atoms with Crippen LogP contribution < -0.4 is 14.8 Å². The van der Waals surface area contributed by atoms with E-state index in [9.17, 15) is 5.26 Å². The highest BCUT2D eigenvalue weighted by Crippen LogP contribution is 2.34. The number of rotatable bonds is 3. The van der Waals surface area contributed by atoms with Crippen LogP contribution in [0.1, 0.15) is 5.01 Å². The van der Waals surface area contributed by atoms with E-state index in [2.05, 4.69) is 16.4 Å². The molecule has 0 radical (unpaired) electrons. The maximum Gasteiger partial charge on any atom is 0.231 e. The van der Waals surface area contributed by atoms with E-state index in [0.717, 1.165) is 21.7 Å². The zero-order chi connectivity index (χ0) is 15.6. The molecule has 23 heavy (non-hydrogen) atoms. The van der Waals surface area contributed by atoms with Crippen molar-refractivity contribution in [1.29, 1.82) is 5.26 Å². The fraction of sp³-hybridized carbons (Fsp3) is 0.0588. The first kappa shape index (κ1) is 13.6. The minimum atomic E-state index is 0.240. The smallest absolute Gasteiger partial charge is 0.231 e. The van der Waals surface area contributed by atoms with Gasteiger partial charge in [0.05, 0.1) is 10.2 Å². The summed E-state index contributed by atoms with van der Waals surface area (Å²) in [5.41, 5.74) is 2.21. The van der Waals surface area contributed by atoms with Crippen molar-refractivity contribution in [3.63, 3.8) is 0 Å². The van der Waals surface area contributed by atoms with Crippen LogP contribution >= 0.6 is 11.3 Å². The Balaban J connectivity index is 1.62. The van der Waals surface area contributed by atoms with Crippen molar-refractivity contribution in [2.75, 3.05) is 12.1 Å². The number of hydrogen-bond donors (Lipinski definition) is 1. The van der Waals surface area contributed by atoms with E-state index in [1.165, 1.54) is 11.3 Å². The van der Waals surface area contributed by atoms with E-state index in [1.54, 1.807) is 6.20 Å². The van der Waals surface area contributed by atoms with Crippen LogP contribution in [0.2, 0.25) is 0 Å². The number of benzene rings is 2. The van der Waals surface area contributed by atoms with Gasteiger partial charge < -0.3 is 14.8 Å². The molecule has 0 spiro atoms. The normalized spacial score (nSPS) is 13.1. The third kappa shape index (κ3) is 2.58. The molecule has 5 nitrogen and oxygen atoms in total. The summed E-state index contributed by atoms with van der Waals surface area (Å²) in [7, 11) is 0. The number of anilines is 1. The molecule has 1 aromatic heterocycles. The molecular formula is C17H11N3O2S.